The van der Waals surface area contributed by atoms with Gasteiger partial charge in [-0.1, -0.05) is 15.9 Å². The molecule has 0 saturated carbocycles. The van der Waals surface area contributed by atoms with Crippen LogP contribution in [0.5, 0.6) is 0 Å². The number of aliphatic hydroxyl groups excluding tert-OH is 1. The van der Waals surface area contributed by atoms with Gasteiger partial charge in [0.25, 0.3) is 5.91 Å². The van der Waals surface area contributed by atoms with E-state index in [1.807, 2.05) is 0 Å². The van der Waals surface area contributed by atoms with Gasteiger partial charge in [-0.2, -0.15) is 0 Å². The highest BCUT2D eigenvalue weighted by Crippen LogP contribution is 2.24. The fraction of sp³-hybridized carbons (Fsp3) is 0.294. The van der Waals surface area contributed by atoms with E-state index in [4.69, 9.17) is 4.74 Å². The molecule has 0 radical (unpaired) electrons. The molecule has 0 aliphatic heterocycles. The fourth-order valence-corrected chi connectivity index (χ4v) is 2.79. The van der Waals surface area contributed by atoms with Crippen LogP contribution >= 0.6 is 15.9 Å². The van der Waals surface area contributed by atoms with Gasteiger partial charge in [-0.3, -0.25) is 4.79 Å². The number of aromatic amines is 1. The number of aromatic nitrogens is 1. The molecule has 0 aliphatic carbocycles. The third-order valence-electron chi connectivity index (χ3n) is 3.58. The number of nitrogens with one attached hydrogen (secondary N) is 2. The minimum Gasteiger partial charge on any atom is -0.451 e. The van der Waals surface area contributed by atoms with E-state index in [1.54, 1.807) is 45.0 Å². The molecule has 1 aromatic carbocycles. The Morgan fingerprint density at radius 2 is 1.92 bits per heavy atom. The first-order valence-electron chi connectivity index (χ1n) is 7.39. The van der Waals surface area contributed by atoms with Crippen LogP contribution in [-0.2, 0) is 9.53 Å². The van der Waals surface area contributed by atoms with Crippen LogP contribution < -0.4 is 5.32 Å². The second-order valence-electron chi connectivity index (χ2n) is 5.47. The lowest BCUT2D eigenvalue weighted by Crippen LogP contribution is -2.21. The van der Waals surface area contributed by atoms with Crippen LogP contribution in [0.3, 0.4) is 0 Å². The van der Waals surface area contributed by atoms with E-state index >= 15 is 0 Å². The summed E-state index contributed by atoms with van der Waals surface area (Å²) in [7, 11) is 0. The van der Waals surface area contributed by atoms with Gasteiger partial charge >= 0.3 is 5.97 Å². The van der Waals surface area contributed by atoms with Crippen LogP contribution in [0.25, 0.3) is 0 Å². The molecule has 0 spiro atoms. The van der Waals surface area contributed by atoms with Gasteiger partial charge in [-0.25, -0.2) is 4.79 Å². The Labute approximate surface area is 148 Å². The Morgan fingerprint density at radius 3 is 2.46 bits per heavy atom. The highest BCUT2D eigenvalue weighted by molar-refractivity contribution is 9.10. The number of rotatable bonds is 5. The zero-order chi connectivity index (χ0) is 17.9. The number of benzene rings is 1. The van der Waals surface area contributed by atoms with Crippen molar-refractivity contribution in [2.45, 2.75) is 26.9 Å². The number of anilines is 1. The van der Waals surface area contributed by atoms with E-state index in [-0.39, 0.29) is 5.69 Å². The maximum atomic E-state index is 12.1. The predicted molar refractivity (Wildman–Crippen MR) is 94.0 cm³/mol. The minimum absolute atomic E-state index is 0.250. The standard InChI is InChI=1S/C17H19BrN2O4/c1-9-15(11(3)21)10(2)19-16(9)17(23)24-8-14(22)20-13-6-4-12(18)5-7-13/h4-7,11,19,21H,8H2,1-3H3,(H,20,22)/t11-/m1/s1. The van der Waals surface area contributed by atoms with E-state index in [0.717, 1.165) is 4.47 Å². The molecule has 1 atom stereocenters. The molecule has 0 aliphatic rings. The summed E-state index contributed by atoms with van der Waals surface area (Å²) >= 11 is 3.31. The van der Waals surface area contributed by atoms with Crippen LogP contribution in [0.15, 0.2) is 28.7 Å². The normalized spacial score (nSPS) is 11.9. The summed E-state index contributed by atoms with van der Waals surface area (Å²) in [6.07, 6.45) is -0.691. The lowest BCUT2D eigenvalue weighted by molar-refractivity contribution is -0.119. The fourth-order valence-electron chi connectivity index (χ4n) is 2.53. The van der Waals surface area contributed by atoms with Gasteiger partial charge in [0.05, 0.1) is 6.10 Å². The summed E-state index contributed by atoms with van der Waals surface area (Å²) in [5, 5.41) is 12.4. The van der Waals surface area contributed by atoms with Crippen LogP contribution in [0.1, 0.15) is 40.3 Å². The average Bonchev–Trinajstić information content (AvgIpc) is 2.82. The summed E-state index contributed by atoms with van der Waals surface area (Å²) in [6, 6.07) is 7.06. The van der Waals surface area contributed by atoms with Crippen molar-refractivity contribution in [1.82, 2.24) is 4.98 Å². The molecule has 7 heteroatoms. The molecule has 24 heavy (non-hydrogen) atoms. The van der Waals surface area contributed by atoms with Gasteiger partial charge in [-0.05, 0) is 50.6 Å². The van der Waals surface area contributed by atoms with Crippen molar-refractivity contribution in [1.29, 1.82) is 0 Å². The van der Waals surface area contributed by atoms with Crippen molar-refractivity contribution in [2.24, 2.45) is 0 Å². The van der Waals surface area contributed by atoms with Crippen LogP contribution in [0.2, 0.25) is 0 Å². The Hall–Kier alpha value is -2.12. The number of aliphatic hydroxyl groups is 1. The van der Waals surface area contributed by atoms with Crippen molar-refractivity contribution >= 4 is 33.5 Å². The molecule has 2 rings (SSSR count). The molecule has 0 unspecified atom stereocenters. The van der Waals surface area contributed by atoms with Gasteiger partial charge < -0.3 is 20.1 Å². The molecule has 2 aromatic rings. The molecule has 128 valence electrons. The zero-order valence-corrected chi connectivity index (χ0v) is 15.2. The largest absolute Gasteiger partial charge is 0.451 e. The topological polar surface area (TPSA) is 91.4 Å². The van der Waals surface area contributed by atoms with Gasteiger partial charge in [0, 0.05) is 21.4 Å². The second-order valence-corrected chi connectivity index (χ2v) is 6.39. The maximum Gasteiger partial charge on any atom is 0.355 e. The van der Waals surface area contributed by atoms with Crippen LogP contribution in [0.4, 0.5) is 5.69 Å². The van der Waals surface area contributed by atoms with Gasteiger partial charge in [0.2, 0.25) is 0 Å². The van der Waals surface area contributed by atoms with Gasteiger partial charge in [0.1, 0.15) is 5.69 Å². The number of aryl methyl sites for hydroxylation is 1. The first-order valence-corrected chi connectivity index (χ1v) is 8.18. The first-order chi connectivity index (χ1) is 11.3. The average molecular weight is 395 g/mol. The van der Waals surface area contributed by atoms with Gasteiger partial charge in [0.15, 0.2) is 6.61 Å². The highest BCUT2D eigenvalue weighted by Gasteiger charge is 2.21. The molecule has 1 amide bonds. The summed E-state index contributed by atoms with van der Waals surface area (Å²) in [6.45, 7) is 4.73. The third-order valence-corrected chi connectivity index (χ3v) is 4.11. The second kappa shape index (κ2) is 7.63. The summed E-state index contributed by atoms with van der Waals surface area (Å²) in [4.78, 5) is 26.9. The van der Waals surface area contributed by atoms with Crippen molar-refractivity contribution in [3.05, 3.63) is 51.3 Å². The maximum absolute atomic E-state index is 12.1. The molecule has 1 aromatic heterocycles. The van der Waals surface area contributed by atoms with Crippen molar-refractivity contribution in [2.75, 3.05) is 11.9 Å². The van der Waals surface area contributed by atoms with E-state index in [2.05, 4.69) is 26.2 Å². The number of H-pyrrole nitrogens is 1. The van der Waals surface area contributed by atoms with E-state index < -0.39 is 24.6 Å². The number of hydrogen-bond donors (Lipinski definition) is 3. The Morgan fingerprint density at radius 1 is 1.29 bits per heavy atom. The van der Waals surface area contributed by atoms with Crippen molar-refractivity contribution in [3.8, 4) is 0 Å². The highest BCUT2D eigenvalue weighted by atomic mass is 79.9. The van der Waals surface area contributed by atoms with Crippen LogP contribution in [-0.4, -0.2) is 28.6 Å². The van der Waals surface area contributed by atoms with E-state index in [0.29, 0.717) is 22.5 Å². The number of carbonyl (C=O) groups excluding carboxylic acids is 2. The predicted octanol–water partition coefficient (Wildman–Crippen LogP) is 3.24. The molecule has 1 heterocycles. The molecule has 0 saturated heterocycles. The number of hydrogen-bond acceptors (Lipinski definition) is 4. The zero-order valence-electron chi connectivity index (χ0n) is 13.6. The third kappa shape index (κ3) is 4.24. The molecule has 3 N–H and O–H groups in total. The van der Waals surface area contributed by atoms with Gasteiger partial charge in [-0.15, -0.1) is 0 Å². The minimum atomic E-state index is -0.691. The number of carbonyl (C=O) groups is 2. The summed E-state index contributed by atoms with van der Waals surface area (Å²) in [5.41, 5.74) is 2.86. The molecule has 0 fully saturated rings. The Balaban J connectivity index is 1.97. The SMILES string of the molecule is Cc1[nH]c(C(=O)OCC(=O)Nc2ccc(Br)cc2)c(C)c1[C@@H](C)O. The monoisotopic (exact) mass is 394 g/mol. The van der Waals surface area contributed by atoms with Crippen LogP contribution in [0, 0.1) is 13.8 Å². The first kappa shape index (κ1) is 18.2. The quantitative estimate of drug-likeness (QED) is 0.678. The van der Waals surface area contributed by atoms with E-state index in [1.165, 1.54) is 0 Å². The Kier molecular flexibility index (Phi) is 5.80. The summed E-state index contributed by atoms with van der Waals surface area (Å²) < 4.78 is 5.94. The number of esters is 1. The smallest absolute Gasteiger partial charge is 0.355 e. The molecule has 6 nitrogen and oxygen atoms in total. The number of halogens is 1. The number of amides is 1. The van der Waals surface area contributed by atoms with Crippen molar-refractivity contribution < 1.29 is 19.4 Å². The van der Waals surface area contributed by atoms with E-state index in [9.17, 15) is 14.7 Å². The lowest BCUT2D eigenvalue weighted by atomic mass is 10.1. The Bertz CT molecular complexity index is 751. The molecular weight excluding hydrogens is 376 g/mol. The lowest BCUT2D eigenvalue weighted by Gasteiger charge is -2.07. The number of ether oxygens (including phenoxy) is 1. The van der Waals surface area contributed by atoms with Crippen molar-refractivity contribution in [3.63, 3.8) is 0 Å². The molecular formula is C17H19BrN2O4. The summed E-state index contributed by atoms with van der Waals surface area (Å²) in [5.74, 6) is -1.06. The molecule has 0 bridgehead atoms.